The summed E-state index contributed by atoms with van der Waals surface area (Å²) in [4.78, 5) is 27.2. The van der Waals surface area contributed by atoms with Gasteiger partial charge in [-0.3, -0.25) is 0 Å². The summed E-state index contributed by atoms with van der Waals surface area (Å²) in [6, 6.07) is 0. The molecule has 0 aromatic heterocycles. The van der Waals surface area contributed by atoms with E-state index in [1.807, 2.05) is 0 Å². The van der Waals surface area contributed by atoms with E-state index in [0.29, 0.717) is 0 Å². The second-order valence-electron chi connectivity index (χ2n) is 0.603. The molecule has 9 heteroatoms. The van der Waals surface area contributed by atoms with E-state index in [1.165, 1.54) is 5.34 Å². The smallest absolute Gasteiger partial charge is 0.778 e. The second-order valence-corrected chi connectivity index (χ2v) is 1.66. The minimum absolute atomic E-state index is 0. The van der Waals surface area contributed by atoms with Crippen molar-refractivity contribution in [1.29, 1.82) is 0 Å². The molecule has 0 bridgehead atoms. The van der Waals surface area contributed by atoms with Crippen LogP contribution in [0.2, 0.25) is 0 Å². The molecule has 0 aliphatic carbocycles. The van der Waals surface area contributed by atoms with Gasteiger partial charge in [0.15, 0.2) is 5.34 Å². The average molecular weight is 171 g/mol. The Balaban J connectivity index is -0.000000180. The Bertz CT molecular complexity index is 108. The molecule has 42 valence electrons. The summed E-state index contributed by atoms with van der Waals surface area (Å²) in [5, 5.41) is 1.37. The Kier molecular flexibility index (Phi) is 14.4. The van der Waals surface area contributed by atoms with Crippen LogP contribution in [-0.2, 0) is 9.19 Å². The zero-order valence-corrected chi connectivity index (χ0v) is 9.83. The van der Waals surface area contributed by atoms with E-state index in [9.17, 15) is 14.4 Å². The molecule has 0 radical (unpaired) electrons. The van der Waals surface area contributed by atoms with Gasteiger partial charge in [-0.1, -0.05) is 0 Å². The van der Waals surface area contributed by atoms with E-state index < -0.39 is 7.82 Å². The van der Waals surface area contributed by atoms with Crippen molar-refractivity contribution >= 4 is 7.82 Å². The molecule has 0 rings (SSSR count). The minimum Gasteiger partial charge on any atom is -0.778 e. The monoisotopic (exact) mass is 171 g/mol. The van der Waals surface area contributed by atoms with Crippen molar-refractivity contribution in [2.75, 3.05) is 0 Å². The van der Waals surface area contributed by atoms with Crippen molar-refractivity contribution in [3.05, 3.63) is 4.91 Å². The maximum absolute atomic E-state index is 9.19. The summed E-state index contributed by atoms with van der Waals surface area (Å²) < 4.78 is 11.9. The molecule has 0 aromatic rings. The van der Waals surface area contributed by atoms with Crippen LogP contribution < -0.4 is 68.9 Å². The van der Waals surface area contributed by atoms with Gasteiger partial charge in [0.05, 0.1) is 0 Å². The van der Waals surface area contributed by atoms with Crippen LogP contribution in [0.5, 0.6) is 0 Å². The van der Waals surface area contributed by atoms with E-state index in [2.05, 4.69) is 4.62 Å². The number of nitrogens with zero attached hydrogens (tertiary/aromatic N) is 1. The van der Waals surface area contributed by atoms with Crippen molar-refractivity contribution in [2.24, 2.45) is 5.34 Å². The van der Waals surface area contributed by atoms with E-state index >= 15 is 0 Å². The van der Waals surface area contributed by atoms with Crippen molar-refractivity contribution in [2.45, 2.75) is 0 Å². The Morgan fingerprint density at radius 2 is 1.67 bits per heavy atom. The van der Waals surface area contributed by atoms with Gasteiger partial charge in [-0.15, -0.1) is 4.91 Å². The Hall–Kier alpha value is 1.55. The fourth-order valence-electron chi connectivity index (χ4n) is 0.0408. The van der Waals surface area contributed by atoms with Gasteiger partial charge >= 0.3 is 59.1 Å². The molecule has 0 N–H and O–H groups in total. The first-order chi connectivity index (χ1) is 3.06. The fourth-order valence-corrected chi connectivity index (χ4v) is 0.122. The van der Waals surface area contributed by atoms with Gasteiger partial charge in [0.2, 0.25) is 0 Å². The van der Waals surface area contributed by atoms with Crippen LogP contribution in [0.3, 0.4) is 0 Å². The summed E-state index contributed by atoms with van der Waals surface area (Å²) in [7, 11) is -5.14. The summed E-state index contributed by atoms with van der Waals surface area (Å²) in [6.07, 6.45) is 0. The van der Waals surface area contributed by atoms with Gasteiger partial charge in [0.25, 0.3) is 0 Å². The molecule has 0 unspecified atom stereocenters. The summed E-state index contributed by atoms with van der Waals surface area (Å²) in [5.41, 5.74) is 0. The molecule has 0 heterocycles. The fraction of sp³-hybridized carbons (Fsp3) is 0. The van der Waals surface area contributed by atoms with Gasteiger partial charge in [-0.2, -0.15) is 0 Å². The van der Waals surface area contributed by atoms with E-state index in [-0.39, 0.29) is 59.1 Å². The van der Waals surface area contributed by atoms with Gasteiger partial charge in [0.1, 0.15) is 7.82 Å². The molecule has 0 saturated carbocycles. The van der Waals surface area contributed by atoms with E-state index in [4.69, 9.17) is 4.91 Å². The van der Waals surface area contributed by atoms with E-state index in [0.717, 1.165) is 0 Å². The van der Waals surface area contributed by atoms with Crippen LogP contribution in [0.15, 0.2) is 5.34 Å². The Labute approximate surface area is 95.1 Å². The number of phosphoric acid groups is 1. The van der Waals surface area contributed by atoms with Crippen LogP contribution >= 0.6 is 7.82 Å². The SMILES string of the molecule is O=NOP(=O)([O-])[O-].[Na+].[Na+]. The standard InChI is InChI=1S/H2NO5P.2Na/c2-1-6-7(3,4)5;;/h(H2,3,4,5);;/q;2*+1/p-2. The molecule has 0 atom stereocenters. The molecule has 0 aromatic carbocycles. The van der Waals surface area contributed by atoms with Crippen LogP contribution in [0.1, 0.15) is 0 Å². The van der Waals surface area contributed by atoms with Crippen LogP contribution in [0, 0.1) is 4.91 Å². The number of rotatable bonds is 2. The maximum Gasteiger partial charge on any atom is 1.00 e. The average Bonchev–Trinajstić information content (AvgIpc) is 1.30. The molecule has 9 heavy (non-hydrogen) atoms. The molecule has 0 spiro atoms. The minimum atomic E-state index is -5.14. The Morgan fingerprint density at radius 1 is 1.33 bits per heavy atom. The molecule has 0 amide bonds. The topological polar surface area (TPSA) is 102 Å². The van der Waals surface area contributed by atoms with Crippen LogP contribution in [0.4, 0.5) is 0 Å². The summed E-state index contributed by atoms with van der Waals surface area (Å²) >= 11 is 0. The molecule has 6 nitrogen and oxygen atoms in total. The largest absolute Gasteiger partial charge is 1.00 e. The van der Waals surface area contributed by atoms with Crippen LogP contribution in [-0.4, -0.2) is 0 Å². The first kappa shape index (κ1) is 16.9. The van der Waals surface area contributed by atoms with Crippen molar-refractivity contribution in [3.8, 4) is 0 Å². The predicted molar refractivity (Wildman–Crippen MR) is 14.5 cm³/mol. The van der Waals surface area contributed by atoms with Gasteiger partial charge in [0, 0.05) is 0 Å². The molecular formula is NNa2O5P. The normalized spacial score (nSPS) is 8.22. The van der Waals surface area contributed by atoms with Gasteiger partial charge in [-0.05, 0) is 0 Å². The van der Waals surface area contributed by atoms with Gasteiger partial charge in [-0.25, -0.2) is 0 Å². The zero-order valence-electron chi connectivity index (χ0n) is 4.94. The molecule has 0 aliphatic rings. The number of hydrogen-bond acceptors (Lipinski definition) is 6. The molecular weight excluding hydrogens is 171 g/mol. The molecule has 0 aliphatic heterocycles. The van der Waals surface area contributed by atoms with Crippen molar-refractivity contribution in [3.63, 3.8) is 0 Å². The third-order valence-corrected chi connectivity index (χ3v) is 0.400. The number of hydrogen-bond donors (Lipinski definition) is 0. The second kappa shape index (κ2) is 7.65. The molecule has 0 saturated heterocycles. The molecule has 0 fully saturated rings. The van der Waals surface area contributed by atoms with Crippen molar-refractivity contribution < 1.29 is 78.1 Å². The first-order valence-electron chi connectivity index (χ1n) is 1.10. The maximum atomic E-state index is 9.19. The van der Waals surface area contributed by atoms with E-state index in [1.54, 1.807) is 0 Å². The quantitative estimate of drug-likeness (QED) is 0.178. The third kappa shape index (κ3) is 17.7. The van der Waals surface area contributed by atoms with Crippen LogP contribution in [0.25, 0.3) is 0 Å². The Morgan fingerprint density at radius 3 is 1.67 bits per heavy atom. The summed E-state index contributed by atoms with van der Waals surface area (Å²) in [6.45, 7) is 0. The first-order valence-corrected chi connectivity index (χ1v) is 2.56. The summed E-state index contributed by atoms with van der Waals surface area (Å²) in [5.74, 6) is 0. The van der Waals surface area contributed by atoms with Gasteiger partial charge < -0.3 is 19.0 Å². The predicted octanol–water partition coefficient (Wildman–Crippen LogP) is -7.48. The van der Waals surface area contributed by atoms with Crippen molar-refractivity contribution in [1.82, 2.24) is 0 Å². The third-order valence-electron chi connectivity index (χ3n) is 0.133. The zero-order chi connectivity index (χ0) is 5.91.